The first-order valence-electron chi connectivity index (χ1n) is 7.19. The number of fused-ring (bicyclic) bond motifs is 1. The number of halogens is 2. The molecule has 2 aromatic carbocycles. The Hall–Kier alpha value is -2.10. The summed E-state index contributed by atoms with van der Waals surface area (Å²) in [6.45, 7) is 0. The van der Waals surface area contributed by atoms with Gasteiger partial charge >= 0.3 is 0 Å². The molecule has 0 N–H and O–H groups in total. The zero-order valence-electron chi connectivity index (χ0n) is 12.3. The molecule has 0 saturated heterocycles. The molecule has 2 heterocycles. The Morgan fingerprint density at radius 1 is 1.09 bits per heavy atom. The molecular formula is C18H15Cl2N3. The topological polar surface area (TPSA) is 30.2 Å². The van der Waals surface area contributed by atoms with Crippen molar-refractivity contribution >= 4 is 35.9 Å². The van der Waals surface area contributed by atoms with Crippen molar-refractivity contribution in [2.45, 2.75) is 12.5 Å². The van der Waals surface area contributed by atoms with Gasteiger partial charge in [-0.15, -0.1) is 12.4 Å². The third kappa shape index (κ3) is 3.03. The van der Waals surface area contributed by atoms with Gasteiger partial charge in [-0.1, -0.05) is 35.9 Å². The SMILES string of the molecule is Cl.Clc1cccc(C(c2ccc3c(c2)CC=N3)n2ccnc2)c1. The van der Waals surface area contributed by atoms with E-state index in [4.69, 9.17) is 11.6 Å². The van der Waals surface area contributed by atoms with Gasteiger partial charge in [0.1, 0.15) is 0 Å². The minimum Gasteiger partial charge on any atom is -0.326 e. The maximum Gasteiger partial charge on any atom is 0.0954 e. The molecule has 0 radical (unpaired) electrons. The predicted octanol–water partition coefficient (Wildman–Crippen LogP) is 4.85. The predicted molar refractivity (Wildman–Crippen MR) is 96.5 cm³/mol. The van der Waals surface area contributed by atoms with Gasteiger partial charge in [0.2, 0.25) is 0 Å². The number of hydrogen-bond donors (Lipinski definition) is 0. The smallest absolute Gasteiger partial charge is 0.0954 e. The molecule has 3 aromatic rings. The number of imidazole rings is 1. The van der Waals surface area contributed by atoms with Crippen LogP contribution in [0.25, 0.3) is 0 Å². The van der Waals surface area contributed by atoms with Crippen LogP contribution in [-0.4, -0.2) is 15.8 Å². The molecule has 0 fully saturated rings. The molecule has 5 heteroatoms. The van der Waals surface area contributed by atoms with Gasteiger partial charge in [-0.05, 0) is 34.9 Å². The first-order valence-corrected chi connectivity index (χ1v) is 7.57. The maximum atomic E-state index is 6.19. The van der Waals surface area contributed by atoms with Gasteiger partial charge in [0.25, 0.3) is 0 Å². The summed E-state index contributed by atoms with van der Waals surface area (Å²) in [5, 5.41) is 0.743. The number of rotatable bonds is 3. The molecule has 1 aliphatic heterocycles. The molecule has 0 amide bonds. The first kappa shape index (κ1) is 15.8. The van der Waals surface area contributed by atoms with Crippen molar-refractivity contribution in [1.29, 1.82) is 0 Å². The van der Waals surface area contributed by atoms with Crippen LogP contribution in [0, 0.1) is 0 Å². The number of hydrogen-bond acceptors (Lipinski definition) is 2. The van der Waals surface area contributed by atoms with Gasteiger partial charge in [-0.25, -0.2) is 4.98 Å². The van der Waals surface area contributed by atoms with Crippen LogP contribution in [0.4, 0.5) is 5.69 Å². The van der Waals surface area contributed by atoms with Crippen LogP contribution >= 0.6 is 24.0 Å². The van der Waals surface area contributed by atoms with Crippen molar-refractivity contribution in [2.24, 2.45) is 4.99 Å². The number of benzene rings is 2. The van der Waals surface area contributed by atoms with E-state index in [1.54, 1.807) is 6.20 Å². The van der Waals surface area contributed by atoms with Crippen LogP contribution in [0.15, 0.2) is 66.2 Å². The van der Waals surface area contributed by atoms with Crippen LogP contribution in [0.3, 0.4) is 0 Å². The highest BCUT2D eigenvalue weighted by Crippen LogP contribution is 2.32. The minimum absolute atomic E-state index is 0. The van der Waals surface area contributed by atoms with E-state index in [0.29, 0.717) is 0 Å². The highest BCUT2D eigenvalue weighted by molar-refractivity contribution is 6.30. The van der Waals surface area contributed by atoms with E-state index < -0.39 is 0 Å². The monoisotopic (exact) mass is 343 g/mol. The molecule has 0 saturated carbocycles. The summed E-state index contributed by atoms with van der Waals surface area (Å²) in [6, 6.07) is 14.5. The number of aromatic nitrogens is 2. The first-order chi connectivity index (χ1) is 10.8. The second-order valence-corrected chi connectivity index (χ2v) is 5.81. The lowest BCUT2D eigenvalue weighted by Gasteiger charge is -2.20. The normalized spacial score (nSPS) is 13.4. The van der Waals surface area contributed by atoms with Gasteiger partial charge in [-0.2, -0.15) is 0 Å². The molecular weight excluding hydrogens is 329 g/mol. The highest BCUT2D eigenvalue weighted by Gasteiger charge is 2.18. The Morgan fingerprint density at radius 2 is 1.96 bits per heavy atom. The highest BCUT2D eigenvalue weighted by atomic mass is 35.5. The Balaban J connectivity index is 0.00000156. The molecule has 0 bridgehead atoms. The zero-order chi connectivity index (χ0) is 14.9. The maximum absolute atomic E-state index is 6.19. The van der Waals surface area contributed by atoms with E-state index in [2.05, 4.69) is 38.8 Å². The average Bonchev–Trinajstić information content (AvgIpc) is 3.18. The van der Waals surface area contributed by atoms with Crippen LogP contribution in [0.1, 0.15) is 22.7 Å². The van der Waals surface area contributed by atoms with Crippen molar-refractivity contribution in [3.05, 3.63) is 82.9 Å². The Kier molecular flexibility index (Phi) is 4.51. The number of nitrogens with zero attached hydrogens (tertiary/aromatic N) is 3. The summed E-state index contributed by atoms with van der Waals surface area (Å²) < 4.78 is 2.10. The summed E-state index contributed by atoms with van der Waals surface area (Å²) in [5.41, 5.74) is 4.69. The zero-order valence-corrected chi connectivity index (χ0v) is 13.8. The molecule has 1 unspecified atom stereocenters. The molecule has 1 atom stereocenters. The molecule has 1 aliphatic rings. The van der Waals surface area contributed by atoms with E-state index in [-0.39, 0.29) is 18.4 Å². The van der Waals surface area contributed by atoms with Gasteiger partial charge in [-0.3, -0.25) is 4.99 Å². The standard InChI is InChI=1S/C18H14ClN3.ClH/c19-16-3-1-2-14(11-16)18(22-9-8-20-12-22)15-4-5-17-13(10-15)6-7-21-17;/h1-5,7-12,18H,6H2;1H. The molecule has 23 heavy (non-hydrogen) atoms. The van der Waals surface area contributed by atoms with E-state index in [1.807, 2.05) is 36.9 Å². The fourth-order valence-corrected chi connectivity index (χ4v) is 3.14. The third-order valence-corrected chi connectivity index (χ3v) is 4.18. The molecule has 0 spiro atoms. The Bertz CT molecular complexity index is 841. The van der Waals surface area contributed by atoms with Crippen molar-refractivity contribution in [3.63, 3.8) is 0 Å². The quantitative estimate of drug-likeness (QED) is 0.668. The summed E-state index contributed by atoms with van der Waals surface area (Å²) >= 11 is 6.19. The summed E-state index contributed by atoms with van der Waals surface area (Å²) in [7, 11) is 0. The van der Waals surface area contributed by atoms with Crippen LogP contribution in [0.5, 0.6) is 0 Å². The fourth-order valence-electron chi connectivity index (χ4n) is 2.94. The van der Waals surface area contributed by atoms with Gasteiger partial charge in [0.05, 0.1) is 18.1 Å². The molecule has 116 valence electrons. The summed E-state index contributed by atoms with van der Waals surface area (Å²) in [4.78, 5) is 8.58. The van der Waals surface area contributed by atoms with E-state index in [9.17, 15) is 0 Å². The Morgan fingerprint density at radius 3 is 2.74 bits per heavy atom. The lowest BCUT2D eigenvalue weighted by atomic mass is 9.96. The van der Waals surface area contributed by atoms with E-state index in [1.165, 1.54) is 11.1 Å². The molecule has 4 rings (SSSR count). The molecule has 1 aromatic heterocycles. The van der Waals surface area contributed by atoms with E-state index in [0.717, 1.165) is 22.7 Å². The summed E-state index contributed by atoms with van der Waals surface area (Å²) in [6.07, 6.45) is 8.48. The van der Waals surface area contributed by atoms with Crippen molar-refractivity contribution in [3.8, 4) is 0 Å². The summed E-state index contributed by atoms with van der Waals surface area (Å²) in [5.74, 6) is 0. The number of aliphatic imine (C=N–C) groups is 1. The average molecular weight is 344 g/mol. The lowest BCUT2D eigenvalue weighted by molar-refractivity contribution is 0.676. The lowest BCUT2D eigenvalue weighted by Crippen LogP contribution is -2.11. The second kappa shape index (κ2) is 6.57. The van der Waals surface area contributed by atoms with E-state index >= 15 is 0 Å². The second-order valence-electron chi connectivity index (χ2n) is 5.37. The van der Waals surface area contributed by atoms with Crippen molar-refractivity contribution in [2.75, 3.05) is 0 Å². The van der Waals surface area contributed by atoms with Crippen LogP contribution in [0.2, 0.25) is 5.02 Å². The molecule has 0 aliphatic carbocycles. The van der Waals surface area contributed by atoms with Crippen molar-refractivity contribution < 1.29 is 0 Å². The third-order valence-electron chi connectivity index (χ3n) is 3.95. The van der Waals surface area contributed by atoms with Crippen molar-refractivity contribution in [1.82, 2.24) is 9.55 Å². The Labute approximate surface area is 146 Å². The largest absolute Gasteiger partial charge is 0.326 e. The van der Waals surface area contributed by atoms with Crippen LogP contribution in [-0.2, 0) is 6.42 Å². The van der Waals surface area contributed by atoms with Crippen LogP contribution < -0.4 is 0 Å². The van der Waals surface area contributed by atoms with Gasteiger partial charge in [0.15, 0.2) is 0 Å². The van der Waals surface area contributed by atoms with Gasteiger partial charge < -0.3 is 4.57 Å². The molecule has 3 nitrogen and oxygen atoms in total. The minimum atomic E-state index is 0. The fraction of sp³-hybridized carbons (Fsp3) is 0.111. The van der Waals surface area contributed by atoms with Gasteiger partial charge in [0, 0.05) is 30.1 Å².